The third-order valence-corrected chi connectivity index (χ3v) is 5.66. The number of para-hydroxylation sites is 1. The van der Waals surface area contributed by atoms with Crippen LogP contribution in [-0.4, -0.2) is 52.5 Å². The maximum atomic E-state index is 12.9. The number of benzene rings is 2. The number of halogens is 1. The fourth-order valence-corrected chi connectivity index (χ4v) is 4.06. The van der Waals surface area contributed by atoms with Gasteiger partial charge >= 0.3 is 6.03 Å². The minimum atomic E-state index is -0.672. The first-order valence-electron chi connectivity index (χ1n) is 9.61. The molecule has 2 aromatic rings. The van der Waals surface area contributed by atoms with Crippen molar-refractivity contribution in [2.24, 2.45) is 0 Å². The maximum absolute atomic E-state index is 12.9. The molecule has 4 rings (SSSR count). The molecule has 3 atom stereocenters. The number of piperazine rings is 1. The smallest absolute Gasteiger partial charge is 0.319 e. The summed E-state index contributed by atoms with van der Waals surface area (Å²) in [5.74, 6) is -0.265. The first-order valence-corrected chi connectivity index (χ1v) is 9.99. The summed E-state index contributed by atoms with van der Waals surface area (Å²) in [7, 11) is 0. The van der Waals surface area contributed by atoms with Gasteiger partial charge in [0, 0.05) is 13.0 Å². The van der Waals surface area contributed by atoms with E-state index in [0.717, 1.165) is 5.56 Å². The number of fused-ring (bicyclic) bond motifs is 1. The summed E-state index contributed by atoms with van der Waals surface area (Å²) in [6.45, 7) is 0.263. The summed E-state index contributed by atoms with van der Waals surface area (Å²) in [5, 5.41) is 18.1. The molecular formula is C21H21ClN4O4. The summed E-state index contributed by atoms with van der Waals surface area (Å²) in [6.07, 6.45) is 0.679. The molecule has 0 aromatic heterocycles. The topological polar surface area (TPSA) is 111 Å². The van der Waals surface area contributed by atoms with E-state index in [1.165, 1.54) is 4.90 Å². The zero-order valence-corrected chi connectivity index (χ0v) is 16.7. The molecule has 0 aliphatic carbocycles. The quantitative estimate of drug-likeness (QED) is 0.595. The second-order valence-electron chi connectivity index (χ2n) is 7.45. The molecule has 0 saturated carbocycles. The summed E-state index contributed by atoms with van der Waals surface area (Å²) in [4.78, 5) is 39.3. The van der Waals surface area contributed by atoms with Crippen molar-refractivity contribution in [1.82, 2.24) is 15.5 Å². The summed E-state index contributed by atoms with van der Waals surface area (Å²) in [5.41, 5.74) is 1.31. The van der Waals surface area contributed by atoms with Gasteiger partial charge in [-0.05, 0) is 36.2 Å². The predicted octanol–water partition coefficient (Wildman–Crippen LogP) is 1.88. The highest BCUT2D eigenvalue weighted by Crippen LogP contribution is 2.25. The first-order chi connectivity index (χ1) is 14.4. The Morgan fingerprint density at radius 3 is 2.63 bits per heavy atom. The Hall–Kier alpha value is -3.26. The minimum Gasteiger partial charge on any atom is -0.508 e. The minimum absolute atomic E-state index is 0.140. The van der Waals surface area contributed by atoms with Gasteiger partial charge in [0.2, 0.25) is 11.8 Å². The van der Waals surface area contributed by atoms with Gasteiger partial charge in [0.1, 0.15) is 17.8 Å². The summed E-state index contributed by atoms with van der Waals surface area (Å²) < 4.78 is 0. The molecule has 30 heavy (non-hydrogen) atoms. The van der Waals surface area contributed by atoms with Crippen LogP contribution in [0.3, 0.4) is 0 Å². The van der Waals surface area contributed by atoms with E-state index in [2.05, 4.69) is 16.0 Å². The SMILES string of the molecule is O=C(Nc1ccccc1Cl)N[C@H]1C[C@H]2C(=O)N[C@H](Cc3ccc(O)cc3)C(=O)N2C1. The Kier molecular flexibility index (Phi) is 5.50. The van der Waals surface area contributed by atoms with Gasteiger partial charge in [0.05, 0.1) is 16.8 Å². The zero-order valence-electron chi connectivity index (χ0n) is 16.0. The fraction of sp³-hybridized carbons (Fsp3) is 0.286. The largest absolute Gasteiger partial charge is 0.508 e. The molecule has 2 aromatic carbocycles. The van der Waals surface area contributed by atoms with Gasteiger partial charge < -0.3 is 26.0 Å². The third kappa shape index (κ3) is 4.18. The van der Waals surface area contributed by atoms with Crippen LogP contribution in [0.4, 0.5) is 10.5 Å². The van der Waals surface area contributed by atoms with E-state index >= 15 is 0 Å². The van der Waals surface area contributed by atoms with Gasteiger partial charge in [-0.2, -0.15) is 0 Å². The van der Waals surface area contributed by atoms with Gasteiger partial charge in [0.25, 0.3) is 0 Å². The maximum Gasteiger partial charge on any atom is 0.319 e. The van der Waals surface area contributed by atoms with E-state index in [0.29, 0.717) is 23.6 Å². The number of hydrogen-bond acceptors (Lipinski definition) is 4. The number of phenolic OH excluding ortho intramolecular Hbond substituents is 1. The lowest BCUT2D eigenvalue weighted by Crippen LogP contribution is -2.61. The van der Waals surface area contributed by atoms with Crippen LogP contribution in [0.25, 0.3) is 0 Å². The van der Waals surface area contributed by atoms with E-state index in [-0.39, 0.29) is 30.2 Å². The number of rotatable bonds is 4. The Morgan fingerprint density at radius 1 is 1.17 bits per heavy atom. The van der Waals surface area contributed by atoms with Crippen molar-refractivity contribution in [1.29, 1.82) is 0 Å². The van der Waals surface area contributed by atoms with Crippen LogP contribution in [0.1, 0.15) is 12.0 Å². The molecule has 2 saturated heterocycles. The molecule has 4 N–H and O–H groups in total. The number of nitrogens with zero attached hydrogens (tertiary/aromatic N) is 1. The summed E-state index contributed by atoms with van der Waals surface area (Å²) >= 11 is 6.05. The molecule has 8 nitrogen and oxygen atoms in total. The van der Waals surface area contributed by atoms with Crippen molar-refractivity contribution in [3.63, 3.8) is 0 Å². The number of nitrogens with one attached hydrogen (secondary N) is 3. The molecule has 2 fully saturated rings. The second kappa shape index (κ2) is 8.23. The molecule has 156 valence electrons. The van der Waals surface area contributed by atoms with Crippen molar-refractivity contribution in [2.75, 3.05) is 11.9 Å². The average Bonchev–Trinajstić information content (AvgIpc) is 3.14. The van der Waals surface area contributed by atoms with E-state index in [1.807, 2.05) is 0 Å². The highest BCUT2D eigenvalue weighted by atomic mass is 35.5. The van der Waals surface area contributed by atoms with Crippen molar-refractivity contribution >= 4 is 35.1 Å². The third-order valence-electron chi connectivity index (χ3n) is 5.33. The standard InChI is InChI=1S/C21H21ClN4O4/c22-15-3-1-2-4-16(15)25-21(30)23-13-10-18-19(28)24-17(20(29)26(18)11-13)9-12-5-7-14(27)8-6-12/h1-8,13,17-18,27H,9-11H2,(H,24,28)(H2,23,25,30)/t13-,17+,18-/m0/s1. The molecule has 2 aliphatic rings. The monoisotopic (exact) mass is 428 g/mol. The zero-order chi connectivity index (χ0) is 21.3. The molecule has 0 unspecified atom stereocenters. The number of carbonyl (C=O) groups excluding carboxylic acids is 3. The number of urea groups is 1. The number of aromatic hydroxyl groups is 1. The lowest BCUT2D eigenvalue weighted by atomic mass is 10.0. The van der Waals surface area contributed by atoms with Crippen LogP contribution >= 0.6 is 11.6 Å². The number of carbonyl (C=O) groups is 3. The predicted molar refractivity (Wildman–Crippen MR) is 111 cm³/mol. The number of hydrogen-bond donors (Lipinski definition) is 4. The molecule has 2 aliphatic heterocycles. The molecule has 2 heterocycles. The van der Waals surface area contributed by atoms with E-state index in [9.17, 15) is 19.5 Å². The molecule has 0 bridgehead atoms. The van der Waals surface area contributed by atoms with E-state index < -0.39 is 18.1 Å². The van der Waals surface area contributed by atoms with Crippen molar-refractivity contribution in [3.8, 4) is 5.75 Å². The van der Waals surface area contributed by atoms with Gasteiger partial charge in [-0.15, -0.1) is 0 Å². The Balaban J connectivity index is 1.38. The number of anilines is 1. The normalized spacial score (nSPS) is 23.0. The van der Waals surface area contributed by atoms with Crippen LogP contribution in [0.2, 0.25) is 5.02 Å². The molecule has 9 heteroatoms. The number of amides is 4. The van der Waals surface area contributed by atoms with Crippen LogP contribution in [0.5, 0.6) is 5.75 Å². The van der Waals surface area contributed by atoms with Crippen LogP contribution < -0.4 is 16.0 Å². The van der Waals surface area contributed by atoms with Crippen LogP contribution in [0.15, 0.2) is 48.5 Å². The highest BCUT2D eigenvalue weighted by Gasteiger charge is 2.46. The highest BCUT2D eigenvalue weighted by molar-refractivity contribution is 6.33. The first kappa shape index (κ1) is 20.0. The van der Waals surface area contributed by atoms with Gasteiger partial charge in [-0.1, -0.05) is 35.9 Å². The Labute approximate surface area is 178 Å². The number of phenols is 1. The van der Waals surface area contributed by atoms with E-state index in [1.54, 1.807) is 48.5 Å². The fourth-order valence-electron chi connectivity index (χ4n) is 3.87. The molecule has 0 spiro atoms. The van der Waals surface area contributed by atoms with E-state index in [4.69, 9.17) is 11.6 Å². The Bertz CT molecular complexity index is 981. The molecule has 4 amide bonds. The van der Waals surface area contributed by atoms with Crippen molar-refractivity contribution in [3.05, 3.63) is 59.1 Å². The Morgan fingerprint density at radius 2 is 1.90 bits per heavy atom. The van der Waals surface area contributed by atoms with Gasteiger partial charge in [-0.3, -0.25) is 9.59 Å². The van der Waals surface area contributed by atoms with Crippen molar-refractivity contribution in [2.45, 2.75) is 31.0 Å². The van der Waals surface area contributed by atoms with Gasteiger partial charge in [0.15, 0.2) is 0 Å². The molecule has 0 radical (unpaired) electrons. The lowest BCUT2D eigenvalue weighted by molar-refractivity contribution is -0.147. The second-order valence-corrected chi connectivity index (χ2v) is 7.86. The van der Waals surface area contributed by atoms with Crippen LogP contribution in [-0.2, 0) is 16.0 Å². The van der Waals surface area contributed by atoms with Crippen LogP contribution in [0, 0.1) is 0 Å². The molecular weight excluding hydrogens is 408 g/mol. The lowest BCUT2D eigenvalue weighted by Gasteiger charge is -2.34. The van der Waals surface area contributed by atoms with Crippen molar-refractivity contribution < 1.29 is 19.5 Å². The van der Waals surface area contributed by atoms with Gasteiger partial charge in [-0.25, -0.2) is 4.79 Å². The average molecular weight is 429 g/mol. The summed E-state index contributed by atoms with van der Waals surface area (Å²) in [6, 6.07) is 11.3.